The van der Waals surface area contributed by atoms with Gasteiger partial charge in [-0.05, 0) is 49.6 Å². The van der Waals surface area contributed by atoms with Crippen LogP contribution in [0.1, 0.15) is 64.8 Å². The second-order valence-corrected chi connectivity index (χ2v) is 7.61. The van der Waals surface area contributed by atoms with Crippen LogP contribution in [0.4, 0.5) is 5.69 Å². The van der Waals surface area contributed by atoms with E-state index in [-0.39, 0.29) is 5.91 Å². The lowest BCUT2D eigenvalue weighted by Crippen LogP contribution is -2.54. The number of anilines is 1. The van der Waals surface area contributed by atoms with Gasteiger partial charge in [0.2, 0.25) is 0 Å². The zero-order valence-electron chi connectivity index (χ0n) is 16.5. The molecule has 1 aliphatic carbocycles. The van der Waals surface area contributed by atoms with E-state index in [9.17, 15) is 19.5 Å². The fraction of sp³-hybridized carbons (Fsp3) is 0.348. The highest BCUT2D eigenvalue weighted by Gasteiger charge is 2.40. The second-order valence-electron chi connectivity index (χ2n) is 7.61. The monoisotopic (exact) mass is 394 g/mol. The first kappa shape index (κ1) is 20.6. The summed E-state index contributed by atoms with van der Waals surface area (Å²) >= 11 is 0. The van der Waals surface area contributed by atoms with Gasteiger partial charge < -0.3 is 15.7 Å². The smallest absolute Gasteiger partial charge is 0.329 e. The summed E-state index contributed by atoms with van der Waals surface area (Å²) in [4.78, 5) is 37.3. The Morgan fingerprint density at radius 2 is 1.52 bits per heavy atom. The third-order valence-electron chi connectivity index (χ3n) is 5.50. The Hall–Kier alpha value is -3.15. The molecule has 3 N–H and O–H groups in total. The van der Waals surface area contributed by atoms with Gasteiger partial charge in [-0.2, -0.15) is 0 Å². The molecule has 0 aromatic heterocycles. The topological polar surface area (TPSA) is 95.5 Å². The molecule has 0 saturated heterocycles. The number of carbonyl (C=O) groups excluding carboxylic acids is 2. The lowest BCUT2D eigenvalue weighted by atomic mass is 9.89. The lowest BCUT2D eigenvalue weighted by molar-refractivity contribution is -0.145. The molecule has 2 aromatic rings. The fourth-order valence-corrected chi connectivity index (χ4v) is 3.70. The third-order valence-corrected chi connectivity index (χ3v) is 5.50. The van der Waals surface area contributed by atoms with Gasteiger partial charge in [-0.25, -0.2) is 4.79 Å². The van der Waals surface area contributed by atoms with E-state index in [0.717, 1.165) is 31.2 Å². The van der Waals surface area contributed by atoms with Gasteiger partial charge in [-0.3, -0.25) is 9.59 Å². The summed E-state index contributed by atoms with van der Waals surface area (Å²) in [5.74, 6) is -1.70. The highest BCUT2D eigenvalue weighted by molar-refractivity contribution is 6.05. The van der Waals surface area contributed by atoms with E-state index in [1.54, 1.807) is 42.5 Å². The van der Waals surface area contributed by atoms with Gasteiger partial charge >= 0.3 is 5.97 Å². The number of benzene rings is 2. The Morgan fingerprint density at radius 3 is 2.14 bits per heavy atom. The quantitative estimate of drug-likeness (QED) is 0.664. The van der Waals surface area contributed by atoms with Gasteiger partial charge in [-0.15, -0.1) is 0 Å². The summed E-state index contributed by atoms with van der Waals surface area (Å²) in [5.41, 5.74) is 0.949. The molecule has 152 valence electrons. The molecule has 0 atom stereocenters. The van der Waals surface area contributed by atoms with E-state index in [0.29, 0.717) is 29.7 Å². The highest BCUT2D eigenvalue weighted by atomic mass is 16.4. The predicted octanol–water partition coefficient (Wildman–Crippen LogP) is 4.15. The van der Waals surface area contributed by atoms with Gasteiger partial charge in [0.05, 0.1) is 0 Å². The van der Waals surface area contributed by atoms with Crippen LogP contribution in [-0.4, -0.2) is 28.4 Å². The SMILES string of the molecule is Cc1ccc(C(=O)NC2(C(=O)O)CCCCCC2)cc1NC(=O)c1ccccc1. The standard InChI is InChI=1S/C23H26N2O4/c1-16-11-12-18(15-19(16)24-20(26)17-9-5-4-6-10-17)21(27)25-23(22(28)29)13-7-2-3-8-14-23/h4-6,9-12,15H,2-3,7-8,13-14H2,1H3,(H,24,26)(H,25,27)(H,28,29). The summed E-state index contributed by atoms with van der Waals surface area (Å²) in [7, 11) is 0. The molecule has 2 aromatic carbocycles. The molecule has 6 nitrogen and oxygen atoms in total. The Morgan fingerprint density at radius 1 is 0.862 bits per heavy atom. The average molecular weight is 394 g/mol. The number of carbonyl (C=O) groups is 3. The molecular formula is C23H26N2O4. The molecule has 0 unspecified atom stereocenters. The first-order valence-corrected chi connectivity index (χ1v) is 9.94. The molecule has 1 aliphatic rings. The first-order valence-electron chi connectivity index (χ1n) is 9.94. The molecule has 29 heavy (non-hydrogen) atoms. The van der Waals surface area contributed by atoms with Crippen LogP contribution >= 0.6 is 0 Å². The van der Waals surface area contributed by atoms with Gasteiger partial charge in [0.25, 0.3) is 11.8 Å². The van der Waals surface area contributed by atoms with Crippen LogP contribution in [0.5, 0.6) is 0 Å². The third kappa shape index (κ3) is 4.83. The number of nitrogens with one attached hydrogen (secondary N) is 2. The Balaban J connectivity index is 1.80. The van der Waals surface area contributed by atoms with Gasteiger partial charge in [0, 0.05) is 16.8 Å². The van der Waals surface area contributed by atoms with Crippen molar-refractivity contribution in [2.24, 2.45) is 0 Å². The van der Waals surface area contributed by atoms with Crippen LogP contribution in [0.3, 0.4) is 0 Å². The van der Waals surface area contributed by atoms with Crippen LogP contribution in [0.15, 0.2) is 48.5 Å². The Kier molecular flexibility index (Phi) is 6.32. The molecule has 0 radical (unpaired) electrons. The van der Waals surface area contributed by atoms with Crippen molar-refractivity contribution in [2.75, 3.05) is 5.32 Å². The normalized spacial score (nSPS) is 15.8. The zero-order chi connectivity index (χ0) is 20.9. The molecule has 0 aliphatic heterocycles. The zero-order valence-corrected chi connectivity index (χ0v) is 16.5. The van der Waals surface area contributed by atoms with E-state index in [2.05, 4.69) is 10.6 Å². The number of aryl methyl sites for hydroxylation is 1. The van der Waals surface area contributed by atoms with Crippen molar-refractivity contribution < 1.29 is 19.5 Å². The minimum Gasteiger partial charge on any atom is -0.480 e. The molecule has 3 rings (SSSR count). The summed E-state index contributed by atoms with van der Waals surface area (Å²) in [6.07, 6.45) is 4.36. The van der Waals surface area contributed by atoms with Crippen LogP contribution in [-0.2, 0) is 4.79 Å². The molecule has 0 spiro atoms. The summed E-state index contributed by atoms with van der Waals surface area (Å²) in [5, 5.41) is 15.4. The van der Waals surface area contributed by atoms with Crippen molar-refractivity contribution in [3.63, 3.8) is 0 Å². The summed E-state index contributed by atoms with van der Waals surface area (Å²) in [6, 6.07) is 13.8. The summed E-state index contributed by atoms with van der Waals surface area (Å²) < 4.78 is 0. The fourth-order valence-electron chi connectivity index (χ4n) is 3.70. The van der Waals surface area contributed by atoms with Crippen LogP contribution in [0.2, 0.25) is 0 Å². The first-order chi connectivity index (χ1) is 13.9. The molecule has 0 heterocycles. The van der Waals surface area contributed by atoms with Crippen LogP contribution < -0.4 is 10.6 Å². The number of amides is 2. The van der Waals surface area contributed by atoms with E-state index in [1.165, 1.54) is 0 Å². The molecule has 6 heteroatoms. The van der Waals surface area contributed by atoms with Crippen molar-refractivity contribution in [3.05, 3.63) is 65.2 Å². The second kappa shape index (κ2) is 8.90. The maximum atomic E-state index is 12.9. The van der Waals surface area contributed by atoms with E-state index < -0.39 is 17.4 Å². The number of hydrogen-bond donors (Lipinski definition) is 3. The maximum Gasteiger partial charge on any atom is 0.329 e. The number of hydrogen-bond acceptors (Lipinski definition) is 3. The maximum absolute atomic E-state index is 12.9. The number of carboxylic acid groups (broad SMARTS) is 1. The average Bonchev–Trinajstić information content (AvgIpc) is 2.96. The van der Waals surface area contributed by atoms with Crippen molar-refractivity contribution in [2.45, 2.75) is 51.0 Å². The van der Waals surface area contributed by atoms with Gasteiger partial charge in [0.15, 0.2) is 0 Å². The lowest BCUT2D eigenvalue weighted by Gasteiger charge is -2.29. The minimum absolute atomic E-state index is 0.267. The number of aliphatic carboxylic acids is 1. The van der Waals surface area contributed by atoms with Crippen LogP contribution in [0.25, 0.3) is 0 Å². The van der Waals surface area contributed by atoms with Gasteiger partial charge in [-0.1, -0.05) is 49.9 Å². The van der Waals surface area contributed by atoms with Crippen molar-refractivity contribution in [1.29, 1.82) is 0 Å². The van der Waals surface area contributed by atoms with Crippen molar-refractivity contribution >= 4 is 23.5 Å². The Bertz CT molecular complexity index is 900. The summed E-state index contributed by atoms with van der Waals surface area (Å²) in [6.45, 7) is 1.84. The largest absolute Gasteiger partial charge is 0.480 e. The van der Waals surface area contributed by atoms with Crippen LogP contribution in [0, 0.1) is 6.92 Å². The van der Waals surface area contributed by atoms with E-state index >= 15 is 0 Å². The van der Waals surface area contributed by atoms with E-state index in [4.69, 9.17) is 0 Å². The molecule has 1 saturated carbocycles. The van der Waals surface area contributed by atoms with E-state index in [1.807, 2.05) is 13.0 Å². The highest BCUT2D eigenvalue weighted by Crippen LogP contribution is 2.28. The predicted molar refractivity (Wildman–Crippen MR) is 111 cm³/mol. The Labute approximate surface area is 170 Å². The van der Waals surface area contributed by atoms with Crippen molar-refractivity contribution in [3.8, 4) is 0 Å². The molecule has 2 amide bonds. The molecule has 0 bridgehead atoms. The van der Waals surface area contributed by atoms with Gasteiger partial charge in [0.1, 0.15) is 5.54 Å². The number of rotatable bonds is 5. The molecule has 1 fully saturated rings. The molecular weight excluding hydrogens is 368 g/mol. The number of carboxylic acids is 1. The minimum atomic E-state index is -1.23. The van der Waals surface area contributed by atoms with Crippen molar-refractivity contribution in [1.82, 2.24) is 5.32 Å².